The van der Waals surface area contributed by atoms with Gasteiger partial charge in [-0.2, -0.15) is 0 Å². The molecule has 0 spiro atoms. The molecule has 20 heavy (non-hydrogen) atoms. The van der Waals surface area contributed by atoms with E-state index in [1.165, 1.54) is 12.3 Å². The SMILES string of the molecule is C[C@H](Cc1ccco1)NC(=O)Cn1ccc(=O)[nH]c1=O. The zero-order valence-electron chi connectivity index (χ0n) is 11.0. The normalized spacial score (nSPS) is 12.1. The number of nitrogens with one attached hydrogen (secondary N) is 2. The molecule has 0 unspecified atom stereocenters. The van der Waals surface area contributed by atoms with E-state index in [1.54, 1.807) is 12.3 Å². The van der Waals surface area contributed by atoms with Crippen LogP contribution in [0, 0.1) is 0 Å². The van der Waals surface area contributed by atoms with Crippen LogP contribution in [0.2, 0.25) is 0 Å². The van der Waals surface area contributed by atoms with Gasteiger partial charge in [0.05, 0.1) is 6.26 Å². The second kappa shape index (κ2) is 6.05. The monoisotopic (exact) mass is 277 g/mol. The van der Waals surface area contributed by atoms with E-state index in [0.29, 0.717) is 6.42 Å². The maximum absolute atomic E-state index is 11.8. The molecule has 1 amide bonds. The highest BCUT2D eigenvalue weighted by atomic mass is 16.3. The molecule has 2 rings (SSSR count). The Bertz CT molecular complexity index is 684. The number of carbonyl (C=O) groups is 1. The molecule has 0 aliphatic carbocycles. The number of H-pyrrole nitrogens is 1. The van der Waals surface area contributed by atoms with Crippen molar-refractivity contribution in [2.45, 2.75) is 25.9 Å². The average molecular weight is 277 g/mol. The first-order valence-electron chi connectivity index (χ1n) is 6.16. The molecule has 2 N–H and O–H groups in total. The van der Waals surface area contributed by atoms with Crippen molar-refractivity contribution in [1.29, 1.82) is 0 Å². The second-order valence-corrected chi connectivity index (χ2v) is 4.49. The molecule has 0 aliphatic rings. The predicted molar refractivity (Wildman–Crippen MR) is 71.3 cm³/mol. The average Bonchev–Trinajstić information content (AvgIpc) is 2.85. The van der Waals surface area contributed by atoms with E-state index in [1.807, 2.05) is 13.0 Å². The van der Waals surface area contributed by atoms with Gasteiger partial charge >= 0.3 is 5.69 Å². The largest absolute Gasteiger partial charge is 0.469 e. The van der Waals surface area contributed by atoms with E-state index in [0.717, 1.165) is 10.3 Å². The quantitative estimate of drug-likeness (QED) is 0.796. The van der Waals surface area contributed by atoms with Gasteiger partial charge in [0.2, 0.25) is 5.91 Å². The molecule has 0 radical (unpaired) electrons. The first-order valence-corrected chi connectivity index (χ1v) is 6.16. The Hall–Kier alpha value is -2.57. The second-order valence-electron chi connectivity index (χ2n) is 4.49. The van der Waals surface area contributed by atoms with E-state index in [9.17, 15) is 14.4 Å². The fourth-order valence-electron chi connectivity index (χ4n) is 1.83. The molecule has 2 heterocycles. The summed E-state index contributed by atoms with van der Waals surface area (Å²) in [7, 11) is 0. The molecule has 0 saturated carbocycles. The Morgan fingerprint density at radius 3 is 2.90 bits per heavy atom. The third-order valence-corrected chi connectivity index (χ3v) is 2.71. The first-order chi connectivity index (χ1) is 9.54. The smallest absolute Gasteiger partial charge is 0.328 e. The van der Waals surface area contributed by atoms with E-state index >= 15 is 0 Å². The van der Waals surface area contributed by atoms with Crippen molar-refractivity contribution in [3.8, 4) is 0 Å². The molecular formula is C13H15N3O4. The van der Waals surface area contributed by atoms with Crippen molar-refractivity contribution < 1.29 is 9.21 Å². The molecule has 0 fully saturated rings. The fraction of sp³-hybridized carbons (Fsp3) is 0.308. The van der Waals surface area contributed by atoms with Crippen molar-refractivity contribution in [1.82, 2.24) is 14.9 Å². The zero-order valence-corrected chi connectivity index (χ0v) is 11.0. The number of nitrogens with zero attached hydrogens (tertiary/aromatic N) is 1. The molecule has 7 nitrogen and oxygen atoms in total. The summed E-state index contributed by atoms with van der Waals surface area (Å²) in [6.45, 7) is 1.70. The maximum Gasteiger partial charge on any atom is 0.328 e. The lowest BCUT2D eigenvalue weighted by atomic mass is 10.2. The van der Waals surface area contributed by atoms with Gasteiger partial charge in [0.25, 0.3) is 5.56 Å². The zero-order chi connectivity index (χ0) is 14.5. The van der Waals surface area contributed by atoms with Gasteiger partial charge in [-0.1, -0.05) is 0 Å². The van der Waals surface area contributed by atoms with E-state index in [4.69, 9.17) is 4.42 Å². The van der Waals surface area contributed by atoms with Gasteiger partial charge < -0.3 is 9.73 Å². The van der Waals surface area contributed by atoms with Gasteiger partial charge in [-0.25, -0.2) is 4.79 Å². The first kappa shape index (κ1) is 13.9. The Morgan fingerprint density at radius 2 is 2.25 bits per heavy atom. The molecule has 106 valence electrons. The van der Waals surface area contributed by atoms with Crippen LogP contribution >= 0.6 is 0 Å². The van der Waals surface area contributed by atoms with Gasteiger partial charge in [0.1, 0.15) is 12.3 Å². The molecule has 2 aromatic rings. The third-order valence-electron chi connectivity index (χ3n) is 2.71. The van der Waals surface area contributed by atoms with Crippen LogP contribution < -0.4 is 16.6 Å². The Morgan fingerprint density at radius 1 is 1.45 bits per heavy atom. The summed E-state index contributed by atoms with van der Waals surface area (Å²) < 4.78 is 6.33. The van der Waals surface area contributed by atoms with Crippen LogP contribution in [0.15, 0.2) is 44.7 Å². The molecule has 0 aliphatic heterocycles. The number of hydrogen-bond acceptors (Lipinski definition) is 4. The van der Waals surface area contributed by atoms with Crippen LogP contribution in [0.1, 0.15) is 12.7 Å². The van der Waals surface area contributed by atoms with Crippen LogP contribution in [0.4, 0.5) is 0 Å². The summed E-state index contributed by atoms with van der Waals surface area (Å²) in [4.78, 5) is 36.2. The van der Waals surface area contributed by atoms with E-state index in [2.05, 4.69) is 10.3 Å². The minimum atomic E-state index is -0.605. The highest BCUT2D eigenvalue weighted by Crippen LogP contribution is 2.03. The van der Waals surface area contributed by atoms with Crippen LogP contribution in [-0.4, -0.2) is 21.5 Å². The van der Waals surface area contributed by atoms with Gasteiger partial charge in [-0.15, -0.1) is 0 Å². The van der Waals surface area contributed by atoms with Gasteiger partial charge in [0, 0.05) is 24.7 Å². The molecular weight excluding hydrogens is 262 g/mol. The Balaban J connectivity index is 1.92. The van der Waals surface area contributed by atoms with Crippen LogP contribution in [0.5, 0.6) is 0 Å². The van der Waals surface area contributed by atoms with E-state index in [-0.39, 0.29) is 18.5 Å². The predicted octanol–water partition coefficient (Wildman–Crippen LogP) is -0.123. The minimum absolute atomic E-state index is 0.118. The summed E-state index contributed by atoms with van der Waals surface area (Å²) >= 11 is 0. The van der Waals surface area contributed by atoms with Crippen molar-refractivity contribution in [2.75, 3.05) is 0 Å². The standard InChI is InChI=1S/C13H15N3O4/c1-9(7-10-3-2-6-20-10)14-12(18)8-16-5-4-11(17)15-13(16)19/h2-6,9H,7-8H2,1H3,(H,14,18)(H,15,17,19)/t9-/m1/s1. The number of aromatic amines is 1. The number of aromatic nitrogens is 2. The summed E-state index contributed by atoms with van der Waals surface area (Å²) in [6, 6.07) is 4.69. The van der Waals surface area contributed by atoms with Crippen LogP contribution in [0.3, 0.4) is 0 Å². The van der Waals surface area contributed by atoms with Gasteiger partial charge in [-0.3, -0.25) is 19.1 Å². The van der Waals surface area contributed by atoms with Crippen molar-refractivity contribution >= 4 is 5.91 Å². The lowest BCUT2D eigenvalue weighted by Crippen LogP contribution is -2.39. The van der Waals surface area contributed by atoms with Gasteiger partial charge in [0.15, 0.2) is 0 Å². The summed E-state index contributed by atoms with van der Waals surface area (Å²) in [6.07, 6.45) is 3.43. The van der Waals surface area contributed by atoms with Crippen molar-refractivity contribution in [3.63, 3.8) is 0 Å². The minimum Gasteiger partial charge on any atom is -0.469 e. The summed E-state index contributed by atoms with van der Waals surface area (Å²) in [5, 5.41) is 2.76. The third kappa shape index (κ3) is 3.71. The topological polar surface area (TPSA) is 97.1 Å². The molecule has 1 atom stereocenters. The maximum atomic E-state index is 11.8. The van der Waals surface area contributed by atoms with Gasteiger partial charge in [-0.05, 0) is 19.1 Å². The van der Waals surface area contributed by atoms with Crippen molar-refractivity contribution in [3.05, 3.63) is 57.3 Å². The number of rotatable bonds is 5. The Labute approximate surface area is 114 Å². The molecule has 0 saturated heterocycles. The molecule has 0 bridgehead atoms. The van der Waals surface area contributed by atoms with E-state index < -0.39 is 11.2 Å². The number of carbonyl (C=O) groups excluding carboxylic acids is 1. The summed E-state index contributed by atoms with van der Waals surface area (Å²) in [5.41, 5.74) is -1.09. The number of hydrogen-bond donors (Lipinski definition) is 2. The highest BCUT2D eigenvalue weighted by Gasteiger charge is 2.10. The molecule has 2 aromatic heterocycles. The van der Waals surface area contributed by atoms with Crippen LogP contribution in [0.25, 0.3) is 0 Å². The molecule has 7 heteroatoms. The summed E-state index contributed by atoms with van der Waals surface area (Å²) in [5.74, 6) is 0.470. The number of amides is 1. The number of furan rings is 1. The lowest BCUT2D eigenvalue weighted by Gasteiger charge is -2.13. The fourth-order valence-corrected chi connectivity index (χ4v) is 1.83. The van der Waals surface area contributed by atoms with Crippen molar-refractivity contribution in [2.24, 2.45) is 0 Å². The lowest BCUT2D eigenvalue weighted by molar-refractivity contribution is -0.122. The molecule has 0 aromatic carbocycles. The highest BCUT2D eigenvalue weighted by molar-refractivity contribution is 5.76. The Kier molecular flexibility index (Phi) is 4.19. The van der Waals surface area contributed by atoms with Crippen LogP contribution in [-0.2, 0) is 17.8 Å².